The van der Waals surface area contributed by atoms with E-state index in [0.29, 0.717) is 11.4 Å². The molecule has 1 aliphatic heterocycles. The summed E-state index contributed by atoms with van der Waals surface area (Å²) in [5.74, 6) is -0.0114. The van der Waals surface area contributed by atoms with Gasteiger partial charge in [0.05, 0.1) is 0 Å². The van der Waals surface area contributed by atoms with Gasteiger partial charge >= 0.3 is 29.6 Å². The number of carbonyl (C=O) groups excluding carboxylic acids is 1. The number of carbonyl (C=O) groups is 1. The Hall–Kier alpha value is -0.530. The van der Waals surface area contributed by atoms with Gasteiger partial charge in [0.15, 0.2) is 0 Å². The molecule has 0 atom stereocenters. The van der Waals surface area contributed by atoms with Gasteiger partial charge in [-0.3, -0.25) is 4.90 Å². The van der Waals surface area contributed by atoms with Crippen molar-refractivity contribution in [3.05, 3.63) is 70.2 Å². The molecule has 7 heteroatoms. The van der Waals surface area contributed by atoms with Gasteiger partial charge in [-0.2, -0.15) is 0 Å². The van der Waals surface area contributed by atoms with E-state index in [0.717, 1.165) is 49.6 Å². The number of hydrogen-bond acceptors (Lipinski definition) is 5. The summed E-state index contributed by atoms with van der Waals surface area (Å²) in [7, 11) is 0. The first-order valence-corrected chi connectivity index (χ1v) is 10.5. The van der Waals surface area contributed by atoms with Gasteiger partial charge in [-0.15, -0.1) is 0 Å². The first-order chi connectivity index (χ1) is 13.1. The summed E-state index contributed by atoms with van der Waals surface area (Å²) in [6, 6.07) is 16.3. The zero-order valence-electron chi connectivity index (χ0n) is 16.3. The van der Waals surface area contributed by atoms with Crippen molar-refractivity contribution in [2.24, 2.45) is 0 Å². The number of piperazine rings is 1. The average molecular weight is 427 g/mol. The molecular formula is C21H24ClN2NaO2S. The van der Waals surface area contributed by atoms with Crippen molar-refractivity contribution >= 4 is 29.5 Å². The van der Waals surface area contributed by atoms with E-state index in [4.69, 9.17) is 11.6 Å². The number of benzene rings is 2. The molecular weight excluding hydrogens is 403 g/mol. The summed E-state index contributed by atoms with van der Waals surface area (Å²) < 4.78 is 2.43. The fourth-order valence-corrected chi connectivity index (χ4v) is 4.36. The van der Waals surface area contributed by atoms with Gasteiger partial charge in [-0.25, -0.2) is 4.31 Å². The third-order valence-electron chi connectivity index (χ3n) is 4.75. The molecule has 0 spiro atoms. The number of aryl methyl sites for hydroxylation is 1. The zero-order valence-corrected chi connectivity index (χ0v) is 19.8. The van der Waals surface area contributed by atoms with Crippen molar-refractivity contribution in [2.75, 3.05) is 26.2 Å². The van der Waals surface area contributed by atoms with E-state index in [9.17, 15) is 9.90 Å². The first kappa shape index (κ1) is 23.7. The predicted molar refractivity (Wildman–Crippen MR) is 109 cm³/mol. The number of nitrogens with zero attached hydrogens (tertiary/aromatic N) is 2. The van der Waals surface area contributed by atoms with Crippen molar-refractivity contribution in [2.45, 2.75) is 25.1 Å². The summed E-state index contributed by atoms with van der Waals surface area (Å²) >= 11 is 8.05. The average Bonchev–Trinajstić information content (AvgIpc) is 2.67. The Balaban J connectivity index is 0.00000280. The van der Waals surface area contributed by atoms with Gasteiger partial charge in [0, 0.05) is 49.5 Å². The van der Waals surface area contributed by atoms with Crippen LogP contribution in [0.2, 0.25) is 5.02 Å². The molecule has 0 amide bonds. The van der Waals surface area contributed by atoms with Crippen molar-refractivity contribution in [1.29, 1.82) is 0 Å². The molecule has 0 unspecified atom stereocenters. The third-order valence-corrected chi connectivity index (χ3v) is 6.18. The zero-order chi connectivity index (χ0) is 19.1. The molecule has 28 heavy (non-hydrogen) atoms. The smallest absolute Gasteiger partial charge is 0.550 e. The minimum Gasteiger partial charge on any atom is -0.550 e. The molecule has 0 bridgehead atoms. The Labute approximate surface area is 198 Å². The van der Waals surface area contributed by atoms with E-state index >= 15 is 0 Å². The van der Waals surface area contributed by atoms with Crippen LogP contribution in [0.1, 0.15) is 23.1 Å². The second kappa shape index (κ2) is 12.2. The molecule has 1 fully saturated rings. The van der Waals surface area contributed by atoms with E-state index in [-0.39, 0.29) is 36.0 Å². The third kappa shape index (κ3) is 7.71. The van der Waals surface area contributed by atoms with Crippen molar-refractivity contribution < 1.29 is 39.5 Å². The van der Waals surface area contributed by atoms with Crippen molar-refractivity contribution in [3.63, 3.8) is 0 Å². The molecule has 2 aromatic rings. The fourth-order valence-electron chi connectivity index (χ4n) is 3.22. The number of carboxylic acids is 1. The normalized spacial score (nSPS) is 15.2. The van der Waals surface area contributed by atoms with Gasteiger partial charge in [0.25, 0.3) is 0 Å². The van der Waals surface area contributed by atoms with Crippen LogP contribution in [-0.2, 0) is 23.5 Å². The van der Waals surface area contributed by atoms with Gasteiger partial charge in [0.1, 0.15) is 0 Å². The second-order valence-corrected chi connectivity index (χ2v) is 8.25. The number of rotatable bonds is 8. The topological polar surface area (TPSA) is 46.6 Å². The minimum atomic E-state index is -1.01. The van der Waals surface area contributed by atoms with E-state index in [1.165, 1.54) is 5.56 Å². The summed E-state index contributed by atoms with van der Waals surface area (Å²) in [5, 5.41) is 11.5. The van der Waals surface area contributed by atoms with E-state index in [1.54, 1.807) is 0 Å². The molecule has 0 radical (unpaired) electrons. The van der Waals surface area contributed by atoms with E-state index < -0.39 is 5.97 Å². The largest absolute Gasteiger partial charge is 1.00 e. The van der Waals surface area contributed by atoms with Crippen LogP contribution < -0.4 is 34.7 Å². The van der Waals surface area contributed by atoms with Crippen LogP contribution in [0.4, 0.5) is 0 Å². The van der Waals surface area contributed by atoms with Crippen LogP contribution >= 0.6 is 23.5 Å². The van der Waals surface area contributed by atoms with Crippen LogP contribution in [0.25, 0.3) is 0 Å². The molecule has 1 aliphatic rings. The number of carboxylic acid groups (broad SMARTS) is 1. The number of aliphatic carboxylic acids is 1. The van der Waals surface area contributed by atoms with Gasteiger partial charge < -0.3 is 9.90 Å². The number of halogens is 1. The summed E-state index contributed by atoms with van der Waals surface area (Å²) in [6.45, 7) is 4.83. The fraction of sp³-hybridized carbons (Fsp3) is 0.381. The standard InChI is InChI=1S/C21H25ClN2O2S.Na/c22-20-8-6-18(7-9-21(25)26)19(14-20)15-23-10-12-24(13-11-23)27-16-17-4-2-1-3-5-17;/h1-6,8,14H,7,9-13,15-16H2,(H,25,26);/q;+1/p-1. The Morgan fingerprint density at radius 3 is 2.43 bits per heavy atom. The van der Waals surface area contributed by atoms with Gasteiger partial charge in [-0.05, 0) is 41.7 Å². The predicted octanol–water partition coefficient (Wildman–Crippen LogP) is -0.00750. The summed E-state index contributed by atoms with van der Waals surface area (Å²) in [5.41, 5.74) is 3.51. The maximum Gasteiger partial charge on any atom is 1.00 e. The van der Waals surface area contributed by atoms with Crippen LogP contribution in [0.15, 0.2) is 48.5 Å². The van der Waals surface area contributed by atoms with E-state index in [2.05, 4.69) is 33.5 Å². The molecule has 4 nitrogen and oxygen atoms in total. The minimum absolute atomic E-state index is 0. The summed E-state index contributed by atoms with van der Waals surface area (Å²) in [6.07, 6.45) is 0.528. The molecule has 0 saturated carbocycles. The molecule has 3 rings (SSSR count). The van der Waals surface area contributed by atoms with Crippen LogP contribution in [0.3, 0.4) is 0 Å². The first-order valence-electron chi connectivity index (χ1n) is 9.21. The Kier molecular flexibility index (Phi) is 10.4. The molecule has 144 valence electrons. The molecule has 0 N–H and O–H groups in total. The van der Waals surface area contributed by atoms with Crippen LogP contribution in [0, 0.1) is 0 Å². The molecule has 1 saturated heterocycles. The monoisotopic (exact) mass is 426 g/mol. The van der Waals surface area contributed by atoms with E-state index in [1.807, 2.05) is 36.2 Å². The quantitative estimate of drug-likeness (QED) is 0.439. The van der Waals surface area contributed by atoms with Crippen LogP contribution in [-0.4, -0.2) is 41.4 Å². The van der Waals surface area contributed by atoms with Gasteiger partial charge in [-0.1, -0.05) is 59.9 Å². The second-order valence-electron chi connectivity index (χ2n) is 6.75. The molecule has 2 aromatic carbocycles. The molecule has 0 aliphatic carbocycles. The Morgan fingerprint density at radius 1 is 1.04 bits per heavy atom. The maximum atomic E-state index is 10.8. The van der Waals surface area contributed by atoms with Crippen molar-refractivity contribution in [1.82, 2.24) is 9.21 Å². The van der Waals surface area contributed by atoms with Crippen molar-refractivity contribution in [3.8, 4) is 0 Å². The number of hydrogen-bond donors (Lipinski definition) is 0. The van der Waals surface area contributed by atoms with Gasteiger partial charge in [0.2, 0.25) is 0 Å². The Morgan fingerprint density at radius 2 is 1.75 bits per heavy atom. The SMILES string of the molecule is O=C([O-])CCc1ccc(Cl)cc1CN1CCN(SCc2ccccc2)CC1.[Na+]. The maximum absolute atomic E-state index is 10.8. The molecule has 1 heterocycles. The van der Waals surface area contributed by atoms with Crippen LogP contribution in [0.5, 0.6) is 0 Å². The Bertz CT molecular complexity index is 755. The summed E-state index contributed by atoms with van der Waals surface area (Å²) in [4.78, 5) is 13.2. The molecule has 0 aromatic heterocycles.